The molecule has 0 unspecified atom stereocenters. The number of hydrogen-bond donors (Lipinski definition) is 2. The van der Waals surface area contributed by atoms with Crippen molar-refractivity contribution >= 4 is 24.9 Å². The summed E-state index contributed by atoms with van der Waals surface area (Å²) in [4.78, 5) is 24.2. The molecule has 1 amide bonds. The minimum Gasteiger partial charge on any atom is -0.534 e. The van der Waals surface area contributed by atoms with Gasteiger partial charge in [0.25, 0.3) is 0 Å². The molecule has 6 heteroatoms. The Morgan fingerprint density at radius 2 is 2.11 bits per heavy atom. The zero-order valence-electron chi connectivity index (χ0n) is 15.1. The van der Waals surface area contributed by atoms with Crippen LogP contribution >= 0.6 is 0 Å². The summed E-state index contributed by atoms with van der Waals surface area (Å²) in [5, 5.41) is 13.2. The molecule has 0 fully saturated rings. The van der Waals surface area contributed by atoms with Crippen molar-refractivity contribution in [3.05, 3.63) is 70.3 Å². The molecule has 2 aliphatic rings. The van der Waals surface area contributed by atoms with Gasteiger partial charge in [-0.25, -0.2) is 0 Å². The van der Waals surface area contributed by atoms with Gasteiger partial charge in [0.2, 0.25) is 5.91 Å². The lowest BCUT2D eigenvalue weighted by Gasteiger charge is -2.29. The first-order valence-electron chi connectivity index (χ1n) is 9.06. The minimum atomic E-state index is -1.19. The Balaban J connectivity index is 1.44. The largest absolute Gasteiger partial charge is 0.547 e. The molecule has 2 aromatic rings. The van der Waals surface area contributed by atoms with Crippen LogP contribution in [0.3, 0.4) is 0 Å². The maximum atomic E-state index is 12.5. The number of fused-ring (bicyclic) bond motifs is 2. The fourth-order valence-corrected chi connectivity index (χ4v) is 3.69. The van der Waals surface area contributed by atoms with Gasteiger partial charge in [0, 0.05) is 0 Å². The minimum absolute atomic E-state index is 0.118. The molecule has 5 nitrogen and oxygen atoms in total. The molecule has 1 aliphatic carbocycles. The maximum absolute atomic E-state index is 12.5. The van der Waals surface area contributed by atoms with Crippen LogP contribution in [-0.2, 0) is 24.1 Å². The molecular weight excluding hydrogens is 341 g/mol. The lowest BCUT2D eigenvalue weighted by Crippen LogP contribution is -2.53. The molecule has 1 heterocycles. The van der Waals surface area contributed by atoms with Crippen molar-refractivity contribution < 1.29 is 19.3 Å². The van der Waals surface area contributed by atoms with E-state index >= 15 is 0 Å². The van der Waals surface area contributed by atoms with Crippen molar-refractivity contribution in [1.82, 2.24) is 5.32 Å². The number of benzene rings is 2. The van der Waals surface area contributed by atoms with E-state index in [2.05, 4.69) is 23.5 Å². The second-order valence-corrected chi connectivity index (χ2v) is 7.05. The van der Waals surface area contributed by atoms with Gasteiger partial charge in [0.1, 0.15) is 5.75 Å². The molecule has 27 heavy (non-hydrogen) atoms. The lowest BCUT2D eigenvalue weighted by molar-refractivity contribution is -0.120. The zero-order chi connectivity index (χ0) is 19.0. The fourth-order valence-electron chi connectivity index (χ4n) is 3.69. The number of rotatable bonds is 4. The molecule has 0 radical (unpaired) electrons. The quantitative estimate of drug-likeness (QED) is 0.646. The molecular formula is C21H20BNO4. The standard InChI is InChI=1S/C21H20BNO4/c1-13(24)18-7-3-6-17-12-19(22(26)27-21(17)18)23-20(25)11-14-8-9-15-4-2-5-16(15)10-14/h2-4,6-10,19,26H,5,11-12H2,1H3,(H,23,25)/t19-/m0/s1. The third-order valence-corrected chi connectivity index (χ3v) is 5.05. The highest BCUT2D eigenvalue weighted by atomic mass is 16.5. The molecule has 136 valence electrons. The van der Waals surface area contributed by atoms with E-state index in [-0.39, 0.29) is 18.1 Å². The summed E-state index contributed by atoms with van der Waals surface area (Å²) in [6.45, 7) is 1.46. The summed E-state index contributed by atoms with van der Waals surface area (Å²) in [5.41, 5.74) is 4.63. The van der Waals surface area contributed by atoms with E-state index in [0.717, 1.165) is 17.5 Å². The predicted octanol–water partition coefficient (Wildman–Crippen LogP) is 2.14. The Labute approximate surface area is 158 Å². The molecule has 0 bridgehead atoms. The van der Waals surface area contributed by atoms with Crippen LogP contribution in [0.2, 0.25) is 0 Å². The smallest absolute Gasteiger partial charge is 0.534 e. The number of Topliss-reactive ketones (excluding diaryl/α,β-unsaturated/α-hetero) is 1. The molecule has 0 spiro atoms. The van der Waals surface area contributed by atoms with Crippen LogP contribution in [0.25, 0.3) is 6.08 Å². The van der Waals surface area contributed by atoms with E-state index in [4.69, 9.17) is 4.65 Å². The summed E-state index contributed by atoms with van der Waals surface area (Å²) in [5.74, 6) is -0.426. The Kier molecular flexibility index (Phi) is 4.58. The van der Waals surface area contributed by atoms with E-state index in [1.165, 1.54) is 18.1 Å². The Hall–Kier alpha value is -2.86. The van der Waals surface area contributed by atoms with Gasteiger partial charge in [-0.3, -0.25) is 9.59 Å². The topological polar surface area (TPSA) is 75.6 Å². The van der Waals surface area contributed by atoms with Crippen molar-refractivity contribution in [3.8, 4) is 5.75 Å². The summed E-state index contributed by atoms with van der Waals surface area (Å²) in [7, 11) is -1.19. The Morgan fingerprint density at radius 3 is 2.93 bits per heavy atom. The van der Waals surface area contributed by atoms with Crippen molar-refractivity contribution in [1.29, 1.82) is 0 Å². The maximum Gasteiger partial charge on any atom is 0.547 e. The van der Waals surface area contributed by atoms with Crippen LogP contribution in [0.1, 0.15) is 39.5 Å². The van der Waals surface area contributed by atoms with Crippen molar-refractivity contribution in [2.45, 2.75) is 32.1 Å². The van der Waals surface area contributed by atoms with E-state index in [1.807, 2.05) is 18.2 Å². The molecule has 2 aromatic carbocycles. The number of ketones is 1. The SMILES string of the molecule is CC(=O)c1cccc2c1OB(O)[C@@H](NC(=O)Cc1ccc3c(c1)CC=C3)C2. The van der Waals surface area contributed by atoms with E-state index < -0.39 is 13.1 Å². The molecule has 1 atom stereocenters. The van der Waals surface area contributed by atoms with Gasteiger partial charge < -0.3 is 15.0 Å². The summed E-state index contributed by atoms with van der Waals surface area (Å²) in [6, 6.07) is 11.3. The average Bonchev–Trinajstić information content (AvgIpc) is 3.09. The van der Waals surface area contributed by atoms with Crippen LogP contribution in [-0.4, -0.2) is 29.8 Å². The van der Waals surface area contributed by atoms with Gasteiger partial charge in [-0.2, -0.15) is 0 Å². The van der Waals surface area contributed by atoms with Gasteiger partial charge in [0.15, 0.2) is 5.78 Å². The van der Waals surface area contributed by atoms with Crippen LogP contribution in [0.5, 0.6) is 5.75 Å². The van der Waals surface area contributed by atoms with Crippen molar-refractivity contribution in [3.63, 3.8) is 0 Å². The van der Waals surface area contributed by atoms with Gasteiger partial charge in [-0.1, -0.05) is 42.5 Å². The van der Waals surface area contributed by atoms with Gasteiger partial charge in [-0.05, 0) is 48.1 Å². The van der Waals surface area contributed by atoms with E-state index in [1.54, 1.807) is 12.1 Å². The highest BCUT2D eigenvalue weighted by Crippen LogP contribution is 2.30. The van der Waals surface area contributed by atoms with Gasteiger partial charge in [0.05, 0.1) is 17.9 Å². The van der Waals surface area contributed by atoms with Crippen LogP contribution in [0.4, 0.5) is 0 Å². The lowest BCUT2D eigenvalue weighted by atomic mass is 9.72. The number of allylic oxidation sites excluding steroid dienone is 1. The molecule has 0 saturated carbocycles. The third-order valence-electron chi connectivity index (χ3n) is 5.05. The molecule has 0 saturated heterocycles. The summed E-state index contributed by atoms with van der Waals surface area (Å²) in [6.07, 6.45) is 5.75. The highest BCUT2D eigenvalue weighted by molar-refractivity contribution is 6.47. The van der Waals surface area contributed by atoms with Crippen molar-refractivity contribution in [2.75, 3.05) is 0 Å². The van der Waals surface area contributed by atoms with E-state index in [9.17, 15) is 14.6 Å². The number of hydrogen-bond acceptors (Lipinski definition) is 4. The van der Waals surface area contributed by atoms with Crippen LogP contribution in [0, 0.1) is 0 Å². The second-order valence-electron chi connectivity index (χ2n) is 7.05. The first-order valence-corrected chi connectivity index (χ1v) is 9.06. The summed E-state index contributed by atoms with van der Waals surface area (Å²) >= 11 is 0. The monoisotopic (exact) mass is 361 g/mol. The number of amides is 1. The van der Waals surface area contributed by atoms with Crippen molar-refractivity contribution in [2.24, 2.45) is 0 Å². The number of para-hydroxylation sites is 1. The van der Waals surface area contributed by atoms with Crippen LogP contribution < -0.4 is 9.97 Å². The highest BCUT2D eigenvalue weighted by Gasteiger charge is 2.37. The third kappa shape index (κ3) is 3.53. The first-order chi connectivity index (χ1) is 13.0. The zero-order valence-corrected chi connectivity index (χ0v) is 15.1. The summed E-state index contributed by atoms with van der Waals surface area (Å²) < 4.78 is 5.56. The molecule has 0 aromatic heterocycles. The predicted molar refractivity (Wildman–Crippen MR) is 104 cm³/mol. The molecule has 1 aliphatic heterocycles. The number of nitrogens with one attached hydrogen (secondary N) is 1. The molecule has 4 rings (SSSR count). The van der Waals surface area contributed by atoms with Crippen LogP contribution in [0.15, 0.2) is 42.5 Å². The van der Waals surface area contributed by atoms with E-state index in [0.29, 0.717) is 17.7 Å². The number of carbonyl (C=O) groups excluding carboxylic acids is 2. The normalized spacial score (nSPS) is 17.1. The molecule has 2 N–H and O–H groups in total. The first kappa shape index (κ1) is 17.6. The Morgan fingerprint density at radius 1 is 1.26 bits per heavy atom. The fraction of sp³-hybridized carbons (Fsp3) is 0.238. The van der Waals surface area contributed by atoms with Gasteiger partial charge >= 0.3 is 7.12 Å². The Bertz CT molecular complexity index is 953. The second kappa shape index (κ2) is 7.04. The number of carbonyl (C=O) groups is 2. The average molecular weight is 361 g/mol. The van der Waals surface area contributed by atoms with Gasteiger partial charge in [-0.15, -0.1) is 0 Å².